The van der Waals surface area contributed by atoms with Gasteiger partial charge in [-0.3, -0.25) is 14.5 Å². The molecule has 1 N–H and O–H groups in total. The lowest BCUT2D eigenvalue weighted by Crippen LogP contribution is -2.29. The molecule has 0 saturated carbocycles. The Labute approximate surface area is 257 Å². The lowest BCUT2D eigenvalue weighted by Gasteiger charge is -2.24. The monoisotopic (exact) mass is 615 g/mol. The minimum absolute atomic E-state index is 0.00358. The molecule has 0 aliphatic carbocycles. The molecule has 2 aliphatic heterocycles. The van der Waals surface area contributed by atoms with E-state index in [2.05, 4.69) is 31.0 Å². The topological polar surface area (TPSA) is 92.6 Å². The third-order valence-corrected chi connectivity index (χ3v) is 9.71. The van der Waals surface area contributed by atoms with Crippen molar-refractivity contribution in [3.63, 3.8) is 0 Å². The van der Waals surface area contributed by atoms with Crippen LogP contribution in [-0.2, 0) is 27.2 Å². The lowest BCUT2D eigenvalue weighted by molar-refractivity contribution is -0.132. The van der Waals surface area contributed by atoms with Crippen molar-refractivity contribution in [1.82, 2.24) is 10.2 Å². The van der Waals surface area contributed by atoms with Gasteiger partial charge in [-0.15, -0.1) is 10.2 Å². The van der Waals surface area contributed by atoms with E-state index >= 15 is 0 Å². The van der Waals surface area contributed by atoms with Crippen LogP contribution in [-0.4, -0.2) is 33.1 Å². The molecule has 43 heavy (non-hydrogen) atoms. The average Bonchev–Trinajstić information content (AvgIpc) is 3.67. The number of benzene rings is 3. The molecule has 2 aliphatic rings. The lowest BCUT2D eigenvalue weighted by atomic mass is 9.85. The molecule has 7 nitrogen and oxygen atoms in total. The van der Waals surface area contributed by atoms with Gasteiger partial charge in [0.2, 0.25) is 5.13 Å². The van der Waals surface area contributed by atoms with Crippen LogP contribution in [0.2, 0.25) is 0 Å². The van der Waals surface area contributed by atoms with Crippen molar-refractivity contribution in [2.45, 2.75) is 61.8 Å². The van der Waals surface area contributed by atoms with Crippen LogP contribution in [0.5, 0.6) is 5.75 Å². The maximum absolute atomic E-state index is 13.6. The van der Waals surface area contributed by atoms with Gasteiger partial charge in [-0.1, -0.05) is 80.3 Å². The highest BCUT2D eigenvalue weighted by molar-refractivity contribution is 8.00. The van der Waals surface area contributed by atoms with Crippen LogP contribution >= 0.6 is 23.1 Å². The Hall–Kier alpha value is -4.02. The molecule has 0 bridgehead atoms. The van der Waals surface area contributed by atoms with Gasteiger partial charge in [-0.2, -0.15) is 0 Å². The van der Waals surface area contributed by atoms with Crippen molar-refractivity contribution in [2.24, 2.45) is 0 Å². The number of nitrogens with zero attached hydrogens (tertiary/aromatic N) is 3. The van der Waals surface area contributed by atoms with E-state index in [9.17, 15) is 19.1 Å². The molecular formula is C33H30FN3O4S2. The fourth-order valence-electron chi connectivity index (χ4n) is 5.32. The molecule has 6 rings (SSSR count). The van der Waals surface area contributed by atoms with E-state index < -0.39 is 17.7 Å². The molecule has 0 spiro atoms. The molecule has 2 atom stereocenters. The van der Waals surface area contributed by atoms with Gasteiger partial charge in [-0.05, 0) is 64.9 Å². The molecule has 1 aromatic heterocycles. The van der Waals surface area contributed by atoms with Gasteiger partial charge in [0.1, 0.15) is 23.4 Å². The maximum atomic E-state index is 13.6. The zero-order chi connectivity index (χ0) is 30.5. The van der Waals surface area contributed by atoms with Gasteiger partial charge in [0, 0.05) is 17.7 Å². The Kier molecular flexibility index (Phi) is 7.60. The van der Waals surface area contributed by atoms with E-state index in [0.717, 1.165) is 22.4 Å². The Morgan fingerprint density at radius 2 is 1.79 bits per heavy atom. The number of hydrogen-bond donors (Lipinski definition) is 1. The number of ketones is 1. The number of carbonyl (C=O) groups excluding carboxylic acids is 2. The number of aliphatic hydroxyl groups excluding tert-OH is 1. The zero-order valence-electron chi connectivity index (χ0n) is 24.1. The zero-order valence-corrected chi connectivity index (χ0v) is 25.8. The molecule has 0 radical (unpaired) electrons. The first kappa shape index (κ1) is 29.1. The van der Waals surface area contributed by atoms with Gasteiger partial charge in [-0.25, -0.2) is 4.39 Å². The van der Waals surface area contributed by atoms with E-state index in [0.29, 0.717) is 27.6 Å². The summed E-state index contributed by atoms with van der Waals surface area (Å²) in [7, 11) is 0. The minimum Gasteiger partial charge on any atom is -0.507 e. The standard InChI is InChI=1S/C33H30FN3O4S2/c1-18-15-22-16-21(9-14-25(22)41-18)28(38)26-27(20-7-10-23(11-8-20)33(2,3)4)37(30(40)29(26)39)31-35-36-32(43-31)42-17-19-5-12-24(34)13-6-19/h5-14,16,18,27,38H,15,17H2,1-4H3/b28-26+. The van der Waals surface area contributed by atoms with Gasteiger partial charge in [0.15, 0.2) is 4.34 Å². The molecule has 3 heterocycles. The summed E-state index contributed by atoms with van der Waals surface area (Å²) in [4.78, 5) is 28.6. The summed E-state index contributed by atoms with van der Waals surface area (Å²) < 4.78 is 19.7. The third kappa shape index (κ3) is 5.69. The van der Waals surface area contributed by atoms with Crippen LogP contribution in [0, 0.1) is 5.82 Å². The molecule has 4 aromatic rings. The fraction of sp³-hybridized carbons (Fsp3) is 0.273. The van der Waals surface area contributed by atoms with E-state index in [4.69, 9.17) is 4.74 Å². The van der Waals surface area contributed by atoms with Crippen LogP contribution in [0.3, 0.4) is 0 Å². The molecule has 1 saturated heterocycles. The van der Waals surface area contributed by atoms with Crippen molar-refractivity contribution < 1.29 is 23.8 Å². The summed E-state index contributed by atoms with van der Waals surface area (Å²) in [6, 6.07) is 18.4. The quantitative estimate of drug-likeness (QED) is 0.0805. The van der Waals surface area contributed by atoms with Crippen LogP contribution in [0.15, 0.2) is 76.6 Å². The van der Waals surface area contributed by atoms with Crippen molar-refractivity contribution in [3.05, 3.63) is 106 Å². The summed E-state index contributed by atoms with van der Waals surface area (Å²) >= 11 is 2.59. The molecule has 1 amide bonds. The molecule has 1 fully saturated rings. The van der Waals surface area contributed by atoms with Crippen LogP contribution < -0.4 is 9.64 Å². The molecule has 220 valence electrons. The molecule has 2 unspecified atom stereocenters. The number of thioether (sulfide) groups is 1. The van der Waals surface area contributed by atoms with E-state index in [-0.39, 0.29) is 33.8 Å². The number of aromatic nitrogens is 2. The molecule has 3 aromatic carbocycles. The summed E-state index contributed by atoms with van der Waals surface area (Å²) in [6.45, 7) is 8.30. The minimum atomic E-state index is -0.902. The highest BCUT2D eigenvalue weighted by Gasteiger charge is 2.48. The summed E-state index contributed by atoms with van der Waals surface area (Å²) in [5, 5.41) is 20.4. The summed E-state index contributed by atoms with van der Waals surface area (Å²) in [5.74, 6) is -0.840. The van der Waals surface area contributed by atoms with Crippen molar-refractivity contribution >= 4 is 45.7 Å². The van der Waals surface area contributed by atoms with E-state index in [1.54, 1.807) is 24.3 Å². The number of hydrogen-bond acceptors (Lipinski definition) is 8. The first-order chi connectivity index (χ1) is 20.5. The third-order valence-electron chi connectivity index (χ3n) is 7.58. The van der Waals surface area contributed by atoms with Gasteiger partial charge < -0.3 is 9.84 Å². The van der Waals surface area contributed by atoms with Crippen molar-refractivity contribution in [3.8, 4) is 5.75 Å². The van der Waals surface area contributed by atoms with Crippen molar-refractivity contribution in [1.29, 1.82) is 0 Å². The van der Waals surface area contributed by atoms with E-state index in [1.165, 1.54) is 40.1 Å². The second kappa shape index (κ2) is 11.2. The second-order valence-corrected chi connectivity index (χ2v) is 13.9. The number of halogens is 1. The maximum Gasteiger partial charge on any atom is 0.301 e. The van der Waals surface area contributed by atoms with Gasteiger partial charge in [0.25, 0.3) is 5.78 Å². The first-order valence-electron chi connectivity index (χ1n) is 13.9. The Morgan fingerprint density at radius 1 is 1.07 bits per heavy atom. The van der Waals surface area contributed by atoms with Gasteiger partial charge >= 0.3 is 5.91 Å². The predicted octanol–water partition coefficient (Wildman–Crippen LogP) is 7.22. The number of amides is 1. The highest BCUT2D eigenvalue weighted by Crippen LogP contribution is 2.45. The predicted molar refractivity (Wildman–Crippen MR) is 166 cm³/mol. The van der Waals surface area contributed by atoms with Crippen LogP contribution in [0.1, 0.15) is 61.6 Å². The molecule has 10 heteroatoms. The van der Waals surface area contributed by atoms with Crippen molar-refractivity contribution in [2.75, 3.05) is 4.90 Å². The normalized spacial score (nSPS) is 19.5. The number of anilines is 1. The molecular weight excluding hydrogens is 586 g/mol. The Balaban J connectivity index is 1.39. The smallest absolute Gasteiger partial charge is 0.301 e. The number of Topliss-reactive ketones (excluding diaryl/α,β-unsaturated/α-hetero) is 1. The summed E-state index contributed by atoms with van der Waals surface area (Å²) in [6.07, 6.45) is 0.706. The van der Waals surface area contributed by atoms with Crippen LogP contribution in [0.4, 0.5) is 9.52 Å². The number of carbonyl (C=O) groups is 2. The fourth-order valence-corrected chi connectivity index (χ4v) is 7.14. The SMILES string of the molecule is CC1Cc2cc(/C(O)=C3\C(=O)C(=O)N(c4nnc(SCc5ccc(F)cc5)s4)C3c3ccc(C(C)(C)C)cc3)ccc2O1. The number of rotatable bonds is 6. The second-order valence-electron chi connectivity index (χ2n) is 11.8. The van der Waals surface area contributed by atoms with Gasteiger partial charge in [0.05, 0.1) is 11.6 Å². The van der Waals surface area contributed by atoms with E-state index in [1.807, 2.05) is 37.3 Å². The largest absolute Gasteiger partial charge is 0.507 e. The Morgan fingerprint density at radius 3 is 2.49 bits per heavy atom. The Bertz CT molecular complexity index is 1740. The highest BCUT2D eigenvalue weighted by atomic mass is 32.2. The summed E-state index contributed by atoms with van der Waals surface area (Å²) in [5.41, 5.74) is 3.95. The number of fused-ring (bicyclic) bond motifs is 1. The average molecular weight is 616 g/mol. The first-order valence-corrected chi connectivity index (χ1v) is 15.7. The van der Waals surface area contributed by atoms with Crippen LogP contribution in [0.25, 0.3) is 5.76 Å². The number of ether oxygens (including phenoxy) is 1. The number of aliphatic hydroxyl groups is 1.